The standard InChI is InChI=1S/C21H24ClN3O3S/c1-16(26)23-19-9-5-17(6-10-19)13-15-25-14-3-2-4-21(25)24-29(27,28)20-11-7-18(22)8-12-20/h5-12H,2-4,13-15H2,1H3,(H,23,26). The van der Waals surface area contributed by atoms with Crippen LogP contribution < -0.4 is 5.32 Å². The lowest BCUT2D eigenvalue weighted by Gasteiger charge is -2.30. The summed E-state index contributed by atoms with van der Waals surface area (Å²) >= 11 is 5.85. The van der Waals surface area contributed by atoms with Gasteiger partial charge in [0.15, 0.2) is 0 Å². The van der Waals surface area contributed by atoms with Crippen molar-refractivity contribution in [3.63, 3.8) is 0 Å². The molecule has 1 saturated heterocycles. The number of benzene rings is 2. The molecular formula is C21H24ClN3O3S. The van der Waals surface area contributed by atoms with Crippen molar-refractivity contribution < 1.29 is 13.2 Å². The highest BCUT2D eigenvalue weighted by molar-refractivity contribution is 7.90. The Morgan fingerprint density at radius 3 is 2.45 bits per heavy atom. The van der Waals surface area contributed by atoms with Crippen molar-refractivity contribution in [3.05, 3.63) is 59.1 Å². The predicted octanol–water partition coefficient (Wildman–Crippen LogP) is 4.11. The maximum atomic E-state index is 12.7. The molecule has 0 radical (unpaired) electrons. The number of hydrogen-bond acceptors (Lipinski definition) is 3. The molecule has 1 N–H and O–H groups in total. The molecule has 1 amide bonds. The quantitative estimate of drug-likeness (QED) is 0.743. The number of rotatable bonds is 6. The molecule has 0 spiro atoms. The van der Waals surface area contributed by atoms with Crippen LogP contribution in [0.15, 0.2) is 57.8 Å². The van der Waals surface area contributed by atoms with Gasteiger partial charge < -0.3 is 10.2 Å². The summed E-state index contributed by atoms with van der Waals surface area (Å²) in [4.78, 5) is 13.3. The number of carbonyl (C=O) groups is 1. The minimum absolute atomic E-state index is 0.103. The summed E-state index contributed by atoms with van der Waals surface area (Å²) < 4.78 is 29.5. The number of amides is 1. The summed E-state index contributed by atoms with van der Waals surface area (Å²) in [5.41, 5.74) is 1.88. The van der Waals surface area contributed by atoms with Crippen molar-refractivity contribution in [2.45, 2.75) is 37.5 Å². The number of nitrogens with one attached hydrogen (secondary N) is 1. The Morgan fingerprint density at radius 2 is 1.79 bits per heavy atom. The monoisotopic (exact) mass is 433 g/mol. The van der Waals surface area contributed by atoms with E-state index in [4.69, 9.17) is 11.6 Å². The van der Waals surface area contributed by atoms with Crippen LogP contribution in [-0.2, 0) is 21.2 Å². The predicted molar refractivity (Wildman–Crippen MR) is 116 cm³/mol. The van der Waals surface area contributed by atoms with Crippen LogP contribution in [0.2, 0.25) is 5.02 Å². The molecule has 6 nitrogen and oxygen atoms in total. The van der Waals surface area contributed by atoms with Gasteiger partial charge in [-0.15, -0.1) is 4.40 Å². The fourth-order valence-corrected chi connectivity index (χ4v) is 4.43. The maximum absolute atomic E-state index is 12.7. The Balaban J connectivity index is 1.70. The van der Waals surface area contributed by atoms with E-state index >= 15 is 0 Å². The first kappa shape index (κ1) is 21.3. The lowest BCUT2D eigenvalue weighted by Crippen LogP contribution is -2.37. The topological polar surface area (TPSA) is 78.8 Å². The number of nitrogens with zero attached hydrogens (tertiary/aromatic N) is 2. The number of likely N-dealkylation sites (tertiary alicyclic amines) is 1. The van der Waals surface area contributed by atoms with Crippen molar-refractivity contribution >= 4 is 39.1 Å². The zero-order chi connectivity index (χ0) is 20.9. The molecule has 1 heterocycles. The lowest BCUT2D eigenvalue weighted by molar-refractivity contribution is -0.114. The van der Waals surface area contributed by atoms with Gasteiger partial charge in [0, 0.05) is 37.1 Å². The van der Waals surface area contributed by atoms with E-state index in [9.17, 15) is 13.2 Å². The second-order valence-electron chi connectivity index (χ2n) is 7.01. The van der Waals surface area contributed by atoms with Crippen molar-refractivity contribution in [2.24, 2.45) is 4.40 Å². The van der Waals surface area contributed by atoms with E-state index < -0.39 is 10.0 Å². The van der Waals surface area contributed by atoms with Gasteiger partial charge in [-0.1, -0.05) is 23.7 Å². The third kappa shape index (κ3) is 6.05. The van der Waals surface area contributed by atoms with Crippen LogP contribution in [0.5, 0.6) is 0 Å². The Bertz CT molecular complexity index is 987. The SMILES string of the molecule is CC(=O)Nc1ccc(CCN2CCCCC2=NS(=O)(=O)c2ccc(Cl)cc2)cc1. The number of carbonyl (C=O) groups excluding carboxylic acids is 1. The number of hydrogen-bond donors (Lipinski definition) is 1. The minimum atomic E-state index is -3.76. The van der Waals surface area contributed by atoms with E-state index in [1.165, 1.54) is 19.1 Å². The smallest absolute Gasteiger partial charge is 0.283 e. The van der Waals surface area contributed by atoms with E-state index in [1.54, 1.807) is 12.1 Å². The summed E-state index contributed by atoms with van der Waals surface area (Å²) in [6.07, 6.45) is 3.35. The van der Waals surface area contributed by atoms with Crippen LogP contribution >= 0.6 is 11.6 Å². The van der Waals surface area contributed by atoms with Gasteiger partial charge in [-0.3, -0.25) is 4.79 Å². The maximum Gasteiger partial charge on any atom is 0.283 e. The molecule has 0 saturated carbocycles. The Morgan fingerprint density at radius 1 is 1.10 bits per heavy atom. The van der Waals surface area contributed by atoms with Crippen LogP contribution in [0.3, 0.4) is 0 Å². The highest BCUT2D eigenvalue weighted by Crippen LogP contribution is 2.20. The molecule has 1 fully saturated rings. The summed E-state index contributed by atoms with van der Waals surface area (Å²) in [6.45, 7) is 2.95. The number of piperidine rings is 1. The van der Waals surface area contributed by atoms with E-state index in [2.05, 4.69) is 14.6 Å². The van der Waals surface area contributed by atoms with Gasteiger partial charge in [-0.2, -0.15) is 8.42 Å². The molecule has 3 rings (SSSR count). The third-order valence-electron chi connectivity index (χ3n) is 4.73. The molecule has 8 heteroatoms. The highest BCUT2D eigenvalue weighted by atomic mass is 35.5. The number of amidine groups is 1. The van der Waals surface area contributed by atoms with E-state index in [-0.39, 0.29) is 10.8 Å². The molecule has 0 aromatic heterocycles. The Labute approximate surface area is 176 Å². The molecule has 2 aromatic carbocycles. The van der Waals surface area contributed by atoms with Crippen molar-refractivity contribution in [1.82, 2.24) is 4.90 Å². The van der Waals surface area contributed by atoms with Crippen LogP contribution in [0.1, 0.15) is 31.7 Å². The summed E-state index contributed by atoms with van der Waals surface area (Å²) in [5, 5.41) is 3.23. The van der Waals surface area contributed by atoms with Crippen LogP contribution in [-0.4, -0.2) is 38.2 Å². The third-order valence-corrected chi connectivity index (χ3v) is 6.30. The van der Waals surface area contributed by atoms with Gasteiger partial charge in [0.05, 0.1) is 4.90 Å². The van der Waals surface area contributed by atoms with Crippen LogP contribution in [0.4, 0.5) is 5.69 Å². The number of anilines is 1. The molecule has 0 unspecified atom stereocenters. The van der Waals surface area contributed by atoms with Gasteiger partial charge in [0.25, 0.3) is 10.0 Å². The molecule has 1 aliphatic heterocycles. The number of sulfonamides is 1. The van der Waals surface area contributed by atoms with Crippen molar-refractivity contribution in [3.8, 4) is 0 Å². The average Bonchev–Trinajstić information content (AvgIpc) is 2.68. The summed E-state index contributed by atoms with van der Waals surface area (Å²) in [5.74, 6) is 0.509. The zero-order valence-corrected chi connectivity index (χ0v) is 17.8. The molecule has 2 aromatic rings. The highest BCUT2D eigenvalue weighted by Gasteiger charge is 2.21. The zero-order valence-electron chi connectivity index (χ0n) is 16.3. The van der Waals surface area contributed by atoms with E-state index in [0.29, 0.717) is 23.8 Å². The average molecular weight is 434 g/mol. The fraction of sp³-hybridized carbons (Fsp3) is 0.333. The molecule has 0 aliphatic carbocycles. The summed E-state index contributed by atoms with van der Waals surface area (Å²) in [7, 11) is -3.76. The van der Waals surface area contributed by atoms with E-state index in [0.717, 1.165) is 37.1 Å². The summed E-state index contributed by atoms with van der Waals surface area (Å²) in [6, 6.07) is 13.7. The van der Waals surface area contributed by atoms with E-state index in [1.807, 2.05) is 24.3 Å². The van der Waals surface area contributed by atoms with Crippen molar-refractivity contribution in [1.29, 1.82) is 0 Å². The normalized spacial score (nSPS) is 16.1. The first-order valence-corrected chi connectivity index (χ1v) is 11.4. The largest absolute Gasteiger partial charge is 0.359 e. The van der Waals surface area contributed by atoms with Gasteiger partial charge in [0.1, 0.15) is 5.84 Å². The van der Waals surface area contributed by atoms with Gasteiger partial charge in [-0.05, 0) is 61.2 Å². The van der Waals surface area contributed by atoms with Crippen LogP contribution in [0.25, 0.3) is 0 Å². The molecule has 154 valence electrons. The van der Waals surface area contributed by atoms with Crippen molar-refractivity contribution in [2.75, 3.05) is 18.4 Å². The first-order chi connectivity index (χ1) is 13.8. The van der Waals surface area contributed by atoms with Gasteiger partial charge in [-0.25, -0.2) is 0 Å². The Hall–Kier alpha value is -2.38. The number of halogens is 1. The molecule has 29 heavy (non-hydrogen) atoms. The molecule has 0 bridgehead atoms. The second-order valence-corrected chi connectivity index (χ2v) is 9.05. The second kappa shape index (κ2) is 9.41. The van der Waals surface area contributed by atoms with Crippen LogP contribution in [0, 0.1) is 0 Å². The van der Waals surface area contributed by atoms with Gasteiger partial charge in [0.2, 0.25) is 5.91 Å². The Kier molecular flexibility index (Phi) is 6.92. The fourth-order valence-electron chi connectivity index (χ4n) is 3.24. The first-order valence-electron chi connectivity index (χ1n) is 9.54. The minimum Gasteiger partial charge on any atom is -0.359 e. The van der Waals surface area contributed by atoms with Gasteiger partial charge >= 0.3 is 0 Å². The lowest BCUT2D eigenvalue weighted by atomic mass is 10.1. The molecule has 1 aliphatic rings. The molecular weight excluding hydrogens is 410 g/mol. The molecule has 0 atom stereocenters.